The van der Waals surface area contributed by atoms with E-state index in [4.69, 9.17) is 10.8 Å². The Morgan fingerprint density at radius 1 is 1.57 bits per heavy atom. The third-order valence-corrected chi connectivity index (χ3v) is 3.34. The van der Waals surface area contributed by atoms with Crippen LogP contribution >= 0.6 is 0 Å². The zero-order valence-corrected chi connectivity index (χ0v) is 7.90. The number of hydrogen-bond donors (Lipinski definition) is 2. The molecule has 0 unspecified atom stereocenters. The fraction of sp³-hybridized carbons (Fsp3) is 0.778. The van der Waals surface area contributed by atoms with E-state index in [9.17, 15) is 9.59 Å². The molecule has 0 aliphatic carbocycles. The predicted molar refractivity (Wildman–Crippen MR) is 48.5 cm³/mol. The number of amides is 1. The Bertz CT molecular complexity index is 292. The molecule has 0 aromatic carbocycles. The summed E-state index contributed by atoms with van der Waals surface area (Å²) in [5, 5.41) is 9.17. The van der Waals surface area contributed by atoms with Gasteiger partial charge in [0.25, 0.3) is 0 Å². The van der Waals surface area contributed by atoms with Gasteiger partial charge in [0, 0.05) is 6.54 Å². The first-order chi connectivity index (χ1) is 6.58. The molecular formula is C9H14N2O3. The summed E-state index contributed by atoms with van der Waals surface area (Å²) < 4.78 is 0. The number of carbonyl (C=O) groups is 2. The molecular weight excluding hydrogens is 184 g/mol. The largest absolute Gasteiger partial charge is 0.479 e. The summed E-state index contributed by atoms with van der Waals surface area (Å²) in [6, 6.07) is -0.499. The minimum Gasteiger partial charge on any atom is -0.479 e. The summed E-state index contributed by atoms with van der Waals surface area (Å²) in [5.41, 5.74) is 4.67. The van der Waals surface area contributed by atoms with E-state index in [1.54, 1.807) is 0 Å². The Labute approximate surface area is 81.9 Å². The van der Waals surface area contributed by atoms with Crippen molar-refractivity contribution in [1.29, 1.82) is 0 Å². The lowest BCUT2D eigenvalue weighted by Crippen LogP contribution is -2.61. The van der Waals surface area contributed by atoms with Crippen LogP contribution in [0.3, 0.4) is 0 Å². The van der Waals surface area contributed by atoms with Crippen molar-refractivity contribution in [1.82, 2.24) is 4.90 Å². The lowest BCUT2D eigenvalue weighted by Gasteiger charge is -2.40. The molecule has 2 aliphatic rings. The summed E-state index contributed by atoms with van der Waals surface area (Å²) in [7, 11) is 0. The maximum atomic E-state index is 11.7. The second-order valence-electron chi connectivity index (χ2n) is 4.08. The van der Waals surface area contributed by atoms with E-state index in [1.807, 2.05) is 0 Å². The molecule has 2 aliphatic heterocycles. The maximum absolute atomic E-state index is 11.7. The first-order valence-electron chi connectivity index (χ1n) is 4.88. The van der Waals surface area contributed by atoms with Crippen molar-refractivity contribution in [3.05, 3.63) is 0 Å². The van der Waals surface area contributed by atoms with Gasteiger partial charge >= 0.3 is 5.97 Å². The molecule has 1 amide bonds. The average Bonchev–Trinajstić information content (AvgIpc) is 2.57. The van der Waals surface area contributed by atoms with E-state index >= 15 is 0 Å². The minimum absolute atomic E-state index is 0.198. The monoisotopic (exact) mass is 198 g/mol. The first kappa shape index (κ1) is 9.45. The second-order valence-corrected chi connectivity index (χ2v) is 4.08. The Morgan fingerprint density at radius 2 is 2.29 bits per heavy atom. The van der Waals surface area contributed by atoms with Gasteiger partial charge in [-0.3, -0.25) is 4.79 Å². The van der Waals surface area contributed by atoms with Gasteiger partial charge in [-0.1, -0.05) is 0 Å². The van der Waals surface area contributed by atoms with Crippen molar-refractivity contribution in [2.24, 2.45) is 5.73 Å². The van der Waals surface area contributed by atoms with Crippen LogP contribution in [0.15, 0.2) is 0 Å². The molecule has 0 bridgehead atoms. The maximum Gasteiger partial charge on any atom is 0.329 e. The quantitative estimate of drug-likeness (QED) is 0.598. The highest BCUT2D eigenvalue weighted by atomic mass is 16.4. The molecule has 2 saturated heterocycles. The van der Waals surface area contributed by atoms with Crippen LogP contribution in [0.1, 0.15) is 25.7 Å². The first-order valence-corrected chi connectivity index (χ1v) is 4.88. The number of fused-ring (bicyclic) bond motifs is 1. The normalized spacial score (nSPS) is 37.1. The summed E-state index contributed by atoms with van der Waals surface area (Å²) in [6.07, 6.45) is 2.32. The predicted octanol–water partition coefficient (Wildman–Crippen LogP) is -0.447. The number of hydrogen-bond acceptors (Lipinski definition) is 3. The van der Waals surface area contributed by atoms with E-state index < -0.39 is 17.6 Å². The van der Waals surface area contributed by atoms with E-state index in [1.165, 1.54) is 4.90 Å². The van der Waals surface area contributed by atoms with Crippen LogP contribution in [0.4, 0.5) is 0 Å². The number of aliphatic carboxylic acids is 1. The molecule has 2 heterocycles. The van der Waals surface area contributed by atoms with Crippen LogP contribution in [0.2, 0.25) is 0 Å². The number of nitrogens with two attached hydrogens (primary N) is 1. The smallest absolute Gasteiger partial charge is 0.329 e. The Hall–Kier alpha value is -1.10. The molecule has 5 nitrogen and oxygen atoms in total. The van der Waals surface area contributed by atoms with E-state index in [2.05, 4.69) is 0 Å². The average molecular weight is 198 g/mol. The van der Waals surface area contributed by atoms with Gasteiger partial charge in [-0.15, -0.1) is 0 Å². The topological polar surface area (TPSA) is 83.6 Å². The van der Waals surface area contributed by atoms with E-state index in [0.29, 0.717) is 25.8 Å². The Balaban J connectivity index is 2.33. The Kier molecular flexibility index (Phi) is 1.99. The molecule has 0 radical (unpaired) electrons. The number of nitrogens with zero attached hydrogens (tertiary/aromatic N) is 1. The highest BCUT2D eigenvalue weighted by Gasteiger charge is 2.53. The summed E-state index contributed by atoms with van der Waals surface area (Å²) in [6.45, 7) is 0.541. The molecule has 0 aromatic heterocycles. The number of rotatable bonds is 1. The molecule has 2 atom stereocenters. The van der Waals surface area contributed by atoms with Crippen molar-refractivity contribution >= 4 is 11.9 Å². The van der Waals surface area contributed by atoms with Gasteiger partial charge in [0.15, 0.2) is 0 Å². The zero-order valence-electron chi connectivity index (χ0n) is 7.90. The van der Waals surface area contributed by atoms with E-state index in [-0.39, 0.29) is 5.91 Å². The van der Waals surface area contributed by atoms with Gasteiger partial charge in [0.1, 0.15) is 5.54 Å². The van der Waals surface area contributed by atoms with Crippen molar-refractivity contribution in [2.45, 2.75) is 37.3 Å². The molecule has 14 heavy (non-hydrogen) atoms. The van der Waals surface area contributed by atoms with Gasteiger partial charge in [-0.2, -0.15) is 0 Å². The lowest BCUT2D eigenvalue weighted by molar-refractivity contribution is -0.160. The summed E-state index contributed by atoms with van der Waals surface area (Å²) in [5.74, 6) is -1.08. The van der Waals surface area contributed by atoms with E-state index in [0.717, 1.165) is 6.42 Å². The second kappa shape index (κ2) is 2.95. The summed E-state index contributed by atoms with van der Waals surface area (Å²) >= 11 is 0. The highest BCUT2D eigenvalue weighted by molar-refractivity contribution is 5.91. The fourth-order valence-electron chi connectivity index (χ4n) is 2.51. The third-order valence-electron chi connectivity index (χ3n) is 3.34. The van der Waals surface area contributed by atoms with Crippen LogP contribution in [0.25, 0.3) is 0 Å². The molecule has 2 fully saturated rings. The van der Waals surface area contributed by atoms with Crippen molar-refractivity contribution < 1.29 is 14.7 Å². The van der Waals surface area contributed by atoms with Crippen molar-refractivity contribution in [2.75, 3.05) is 6.54 Å². The van der Waals surface area contributed by atoms with Crippen LogP contribution in [0.5, 0.6) is 0 Å². The van der Waals surface area contributed by atoms with Crippen LogP contribution in [0, 0.1) is 0 Å². The SMILES string of the molecule is N[C@H]1CC[C@]2(C(=O)O)CCCN2C1=O. The van der Waals surface area contributed by atoms with Gasteiger partial charge in [-0.05, 0) is 25.7 Å². The van der Waals surface area contributed by atoms with Crippen molar-refractivity contribution in [3.63, 3.8) is 0 Å². The molecule has 0 aromatic rings. The third kappa shape index (κ3) is 1.05. The fourth-order valence-corrected chi connectivity index (χ4v) is 2.51. The number of carboxylic acids is 1. The molecule has 0 saturated carbocycles. The Morgan fingerprint density at radius 3 is 2.93 bits per heavy atom. The van der Waals surface area contributed by atoms with Gasteiger partial charge < -0.3 is 15.7 Å². The molecule has 3 N–H and O–H groups in total. The minimum atomic E-state index is -0.938. The highest BCUT2D eigenvalue weighted by Crippen LogP contribution is 2.37. The molecule has 5 heteroatoms. The standard InChI is InChI=1S/C9H14N2O3/c10-6-2-4-9(8(13)14)3-1-5-11(9)7(6)12/h6H,1-5,10H2,(H,13,14)/t6-,9-/m0/s1. The van der Waals surface area contributed by atoms with Crippen molar-refractivity contribution in [3.8, 4) is 0 Å². The van der Waals surface area contributed by atoms with Crippen LogP contribution < -0.4 is 5.73 Å². The number of carboxylic acid groups (broad SMARTS) is 1. The number of carbonyl (C=O) groups excluding carboxylic acids is 1. The lowest BCUT2D eigenvalue weighted by atomic mass is 9.84. The van der Waals surface area contributed by atoms with Gasteiger partial charge in [0.2, 0.25) is 5.91 Å². The van der Waals surface area contributed by atoms with Gasteiger partial charge in [0.05, 0.1) is 6.04 Å². The zero-order chi connectivity index (χ0) is 10.3. The van der Waals surface area contributed by atoms with Crippen LogP contribution in [-0.2, 0) is 9.59 Å². The number of piperidine rings is 1. The molecule has 0 spiro atoms. The van der Waals surface area contributed by atoms with Gasteiger partial charge in [-0.25, -0.2) is 4.79 Å². The summed E-state index contributed by atoms with van der Waals surface area (Å²) in [4.78, 5) is 24.3. The molecule has 78 valence electrons. The van der Waals surface area contributed by atoms with Crippen LogP contribution in [-0.4, -0.2) is 40.0 Å². The molecule has 2 rings (SSSR count).